The first kappa shape index (κ1) is 17.5. The number of aromatic amines is 1. The summed E-state index contributed by atoms with van der Waals surface area (Å²) in [6.07, 6.45) is 1.10. The summed E-state index contributed by atoms with van der Waals surface area (Å²) in [5.41, 5.74) is 1.65. The van der Waals surface area contributed by atoms with E-state index in [9.17, 15) is 9.59 Å². The fourth-order valence-corrected chi connectivity index (χ4v) is 3.39. The lowest BCUT2D eigenvalue weighted by Crippen LogP contribution is -2.32. The van der Waals surface area contributed by atoms with Gasteiger partial charge in [-0.3, -0.25) is 4.79 Å². The molecule has 23 heavy (non-hydrogen) atoms. The maximum Gasteiger partial charge on any atom is 0.352 e. The molecule has 0 spiro atoms. The van der Waals surface area contributed by atoms with Crippen LogP contribution < -0.4 is 5.32 Å². The van der Waals surface area contributed by atoms with Crippen LogP contribution in [0.5, 0.6) is 0 Å². The van der Waals surface area contributed by atoms with Crippen LogP contribution in [0.25, 0.3) is 0 Å². The number of amides is 1. The van der Waals surface area contributed by atoms with Crippen molar-refractivity contribution >= 4 is 11.9 Å². The van der Waals surface area contributed by atoms with Gasteiger partial charge >= 0.3 is 5.97 Å². The fourth-order valence-electron chi connectivity index (χ4n) is 3.39. The fraction of sp³-hybridized carbons (Fsp3) is 0.647. The molecule has 1 fully saturated rings. The number of carbonyl (C=O) groups excluding carboxylic acids is 1. The molecule has 2 heterocycles. The third-order valence-electron chi connectivity index (χ3n) is 4.42. The number of likely N-dealkylation sites (tertiary alicyclic amines) is 1. The molecular weight excluding hydrogens is 294 g/mol. The van der Waals surface area contributed by atoms with Crippen LogP contribution in [-0.2, 0) is 0 Å². The van der Waals surface area contributed by atoms with Gasteiger partial charge in [-0.1, -0.05) is 13.8 Å². The summed E-state index contributed by atoms with van der Waals surface area (Å²) >= 11 is 0. The van der Waals surface area contributed by atoms with Gasteiger partial charge in [0.15, 0.2) is 0 Å². The van der Waals surface area contributed by atoms with Crippen molar-refractivity contribution in [2.24, 2.45) is 11.8 Å². The maximum atomic E-state index is 12.4. The van der Waals surface area contributed by atoms with Crippen LogP contribution in [0, 0.1) is 25.7 Å². The highest BCUT2D eigenvalue weighted by Gasteiger charge is 2.25. The monoisotopic (exact) mass is 321 g/mol. The Morgan fingerprint density at radius 3 is 2.65 bits per heavy atom. The molecule has 0 saturated carbocycles. The Kier molecular flexibility index (Phi) is 5.46. The van der Waals surface area contributed by atoms with Gasteiger partial charge in [0.1, 0.15) is 5.69 Å². The largest absolute Gasteiger partial charge is 0.477 e. The zero-order valence-corrected chi connectivity index (χ0v) is 14.4. The first-order valence-corrected chi connectivity index (χ1v) is 8.22. The van der Waals surface area contributed by atoms with Crippen LogP contribution >= 0.6 is 0 Å². The van der Waals surface area contributed by atoms with E-state index < -0.39 is 5.97 Å². The molecule has 6 nitrogen and oxygen atoms in total. The molecule has 2 rings (SSSR count). The number of carbonyl (C=O) groups is 2. The number of aromatic carboxylic acids is 1. The number of hydrogen-bond donors (Lipinski definition) is 3. The number of aromatic nitrogens is 1. The number of hydrogen-bond acceptors (Lipinski definition) is 3. The van der Waals surface area contributed by atoms with Crippen molar-refractivity contribution in [1.82, 2.24) is 15.2 Å². The van der Waals surface area contributed by atoms with E-state index in [-0.39, 0.29) is 11.6 Å². The summed E-state index contributed by atoms with van der Waals surface area (Å²) in [5.74, 6) is -0.102. The van der Waals surface area contributed by atoms with Gasteiger partial charge in [-0.05, 0) is 44.2 Å². The summed E-state index contributed by atoms with van der Waals surface area (Å²) in [5, 5.41) is 12.1. The maximum absolute atomic E-state index is 12.4. The molecule has 1 atom stereocenters. The van der Waals surface area contributed by atoms with E-state index in [2.05, 4.69) is 29.0 Å². The highest BCUT2D eigenvalue weighted by Crippen LogP contribution is 2.19. The van der Waals surface area contributed by atoms with Gasteiger partial charge in [-0.15, -0.1) is 0 Å². The molecule has 1 amide bonds. The van der Waals surface area contributed by atoms with E-state index in [1.54, 1.807) is 13.8 Å². The van der Waals surface area contributed by atoms with Crippen molar-refractivity contribution < 1.29 is 14.7 Å². The van der Waals surface area contributed by atoms with Crippen LogP contribution in [0.2, 0.25) is 0 Å². The summed E-state index contributed by atoms with van der Waals surface area (Å²) in [6.45, 7) is 11.7. The minimum Gasteiger partial charge on any atom is -0.477 e. The summed E-state index contributed by atoms with van der Waals surface area (Å²) < 4.78 is 0. The summed E-state index contributed by atoms with van der Waals surface area (Å²) in [7, 11) is 0. The van der Waals surface area contributed by atoms with Crippen LogP contribution in [-0.4, -0.2) is 53.0 Å². The molecule has 0 bridgehead atoms. The van der Waals surface area contributed by atoms with E-state index in [1.807, 2.05) is 0 Å². The first-order valence-electron chi connectivity index (χ1n) is 8.22. The third kappa shape index (κ3) is 4.13. The number of nitrogens with one attached hydrogen (secondary N) is 2. The molecule has 128 valence electrons. The number of nitrogens with zero attached hydrogens (tertiary/aromatic N) is 1. The number of carboxylic acid groups (broad SMARTS) is 1. The van der Waals surface area contributed by atoms with Crippen LogP contribution in [0.15, 0.2) is 0 Å². The predicted octanol–water partition coefficient (Wildman–Crippen LogP) is 2.04. The van der Waals surface area contributed by atoms with Crippen molar-refractivity contribution in [3.8, 4) is 0 Å². The Bertz CT molecular complexity index is 592. The molecule has 0 radical (unpaired) electrons. The van der Waals surface area contributed by atoms with E-state index in [0.29, 0.717) is 35.2 Å². The Labute approximate surface area is 137 Å². The topological polar surface area (TPSA) is 85.4 Å². The van der Waals surface area contributed by atoms with Crippen LogP contribution in [0.4, 0.5) is 0 Å². The van der Waals surface area contributed by atoms with E-state index in [0.717, 1.165) is 26.1 Å². The van der Waals surface area contributed by atoms with Crippen LogP contribution in [0.1, 0.15) is 52.4 Å². The number of rotatable bonds is 6. The standard InChI is InChI=1S/C17H27N3O3/c1-10(2)8-20-6-5-13(9-20)7-18-16(21)14-11(3)15(17(22)23)19-12(14)4/h10,13,19H,5-9H2,1-4H3,(H,18,21)(H,22,23)/t13-/m1/s1. The molecule has 1 aromatic rings. The lowest BCUT2D eigenvalue weighted by Gasteiger charge is -2.18. The highest BCUT2D eigenvalue weighted by atomic mass is 16.4. The molecule has 0 aromatic carbocycles. The lowest BCUT2D eigenvalue weighted by atomic mass is 10.1. The van der Waals surface area contributed by atoms with Crippen molar-refractivity contribution in [2.75, 3.05) is 26.2 Å². The molecule has 1 saturated heterocycles. The normalized spacial score (nSPS) is 18.6. The van der Waals surface area contributed by atoms with Crippen molar-refractivity contribution in [1.29, 1.82) is 0 Å². The number of H-pyrrole nitrogens is 1. The highest BCUT2D eigenvalue weighted by molar-refractivity contribution is 6.00. The van der Waals surface area contributed by atoms with E-state index in [1.165, 1.54) is 0 Å². The summed E-state index contributed by atoms with van der Waals surface area (Å²) in [6, 6.07) is 0. The number of carboxylic acids is 1. The van der Waals surface area contributed by atoms with E-state index in [4.69, 9.17) is 5.11 Å². The zero-order valence-electron chi connectivity index (χ0n) is 14.4. The van der Waals surface area contributed by atoms with Crippen molar-refractivity contribution in [3.63, 3.8) is 0 Å². The second kappa shape index (κ2) is 7.17. The van der Waals surface area contributed by atoms with Gasteiger partial charge in [0.05, 0.1) is 5.56 Å². The average molecular weight is 321 g/mol. The second-order valence-corrected chi connectivity index (χ2v) is 6.95. The Balaban J connectivity index is 1.92. The van der Waals surface area contributed by atoms with Gasteiger partial charge in [0, 0.05) is 25.3 Å². The Morgan fingerprint density at radius 1 is 1.39 bits per heavy atom. The molecule has 0 aliphatic carbocycles. The molecule has 6 heteroatoms. The van der Waals surface area contributed by atoms with Crippen molar-refractivity contribution in [3.05, 3.63) is 22.5 Å². The molecule has 3 N–H and O–H groups in total. The van der Waals surface area contributed by atoms with Gasteiger partial charge in [0.25, 0.3) is 5.91 Å². The average Bonchev–Trinajstić information content (AvgIpc) is 3.00. The second-order valence-electron chi connectivity index (χ2n) is 6.95. The minimum atomic E-state index is -1.04. The minimum absolute atomic E-state index is 0.0941. The Morgan fingerprint density at radius 2 is 2.09 bits per heavy atom. The zero-order chi connectivity index (χ0) is 17.1. The number of aryl methyl sites for hydroxylation is 1. The molecule has 0 unspecified atom stereocenters. The predicted molar refractivity (Wildman–Crippen MR) is 88.9 cm³/mol. The van der Waals surface area contributed by atoms with Gasteiger partial charge < -0.3 is 20.3 Å². The van der Waals surface area contributed by atoms with Gasteiger partial charge in [-0.2, -0.15) is 0 Å². The first-order chi connectivity index (χ1) is 10.8. The van der Waals surface area contributed by atoms with Crippen LogP contribution in [0.3, 0.4) is 0 Å². The van der Waals surface area contributed by atoms with E-state index >= 15 is 0 Å². The Hall–Kier alpha value is -1.82. The van der Waals surface area contributed by atoms with Crippen molar-refractivity contribution in [2.45, 2.75) is 34.1 Å². The molecular formula is C17H27N3O3. The molecule has 1 aromatic heterocycles. The van der Waals surface area contributed by atoms with Gasteiger partial charge in [0.2, 0.25) is 0 Å². The molecule has 1 aliphatic rings. The van der Waals surface area contributed by atoms with Gasteiger partial charge in [-0.25, -0.2) is 4.79 Å². The molecule has 1 aliphatic heterocycles. The lowest BCUT2D eigenvalue weighted by molar-refractivity contribution is 0.0690. The smallest absolute Gasteiger partial charge is 0.352 e. The summed E-state index contributed by atoms with van der Waals surface area (Å²) in [4.78, 5) is 28.8. The SMILES string of the molecule is Cc1[nH]c(C(=O)O)c(C)c1C(=O)NC[C@H]1CCN(CC(C)C)C1. The quantitative estimate of drug-likeness (QED) is 0.748. The third-order valence-corrected chi connectivity index (χ3v) is 4.42.